The average molecular weight is 264 g/mol. The van der Waals surface area contributed by atoms with E-state index in [-0.39, 0.29) is 5.01 Å². The van der Waals surface area contributed by atoms with Gasteiger partial charge in [0, 0.05) is 24.7 Å². The van der Waals surface area contributed by atoms with Crippen LogP contribution < -0.4 is 5.32 Å². The Kier molecular flexibility index (Phi) is 3.96. The minimum Gasteiger partial charge on any atom is -0.476 e. The first-order valence-corrected chi connectivity index (χ1v) is 6.20. The zero-order valence-electron chi connectivity index (χ0n) is 9.75. The number of carboxylic acid groups (broad SMARTS) is 1. The van der Waals surface area contributed by atoms with E-state index in [2.05, 4.69) is 20.3 Å². The monoisotopic (exact) mass is 264 g/mol. The third-order valence-corrected chi connectivity index (χ3v) is 3.06. The van der Waals surface area contributed by atoms with Crippen LogP contribution >= 0.6 is 11.3 Å². The molecule has 0 aliphatic carbocycles. The number of nitrogens with zero attached hydrogens (tertiary/aromatic N) is 3. The number of hydrogen-bond donors (Lipinski definition) is 2. The Labute approximate surface area is 108 Å². The molecule has 0 bridgehead atoms. The molecule has 0 amide bonds. The number of carbonyl (C=O) groups is 1. The maximum Gasteiger partial charge on any atom is 0.365 e. The van der Waals surface area contributed by atoms with Gasteiger partial charge >= 0.3 is 5.97 Å². The van der Waals surface area contributed by atoms with Crippen molar-refractivity contribution in [3.63, 3.8) is 0 Å². The summed E-state index contributed by atoms with van der Waals surface area (Å²) in [7, 11) is 0. The lowest BCUT2D eigenvalue weighted by Gasteiger charge is -2.02. The van der Waals surface area contributed by atoms with Gasteiger partial charge in [-0.1, -0.05) is 0 Å². The highest BCUT2D eigenvalue weighted by molar-refractivity contribution is 7.11. The SMILES string of the molecule is Cc1nccc(CNCc2csc(C(=O)O)n2)n1. The van der Waals surface area contributed by atoms with E-state index in [1.54, 1.807) is 11.6 Å². The van der Waals surface area contributed by atoms with Gasteiger partial charge in [0.25, 0.3) is 0 Å². The molecular weight excluding hydrogens is 252 g/mol. The number of nitrogens with one attached hydrogen (secondary N) is 1. The number of rotatable bonds is 5. The van der Waals surface area contributed by atoms with Gasteiger partial charge < -0.3 is 10.4 Å². The smallest absolute Gasteiger partial charge is 0.365 e. The molecule has 0 saturated heterocycles. The van der Waals surface area contributed by atoms with Crippen molar-refractivity contribution in [3.05, 3.63) is 39.9 Å². The van der Waals surface area contributed by atoms with Crippen LogP contribution in [0.5, 0.6) is 0 Å². The van der Waals surface area contributed by atoms with Gasteiger partial charge in [0.2, 0.25) is 5.01 Å². The summed E-state index contributed by atoms with van der Waals surface area (Å²) in [6.07, 6.45) is 1.71. The molecule has 0 aliphatic heterocycles. The van der Waals surface area contributed by atoms with Crippen molar-refractivity contribution < 1.29 is 9.90 Å². The molecule has 94 valence electrons. The molecular formula is C11H12N4O2S. The number of hydrogen-bond acceptors (Lipinski definition) is 6. The molecule has 2 rings (SSSR count). The summed E-state index contributed by atoms with van der Waals surface area (Å²) in [5, 5.41) is 13.8. The van der Waals surface area contributed by atoms with Crippen molar-refractivity contribution in [2.75, 3.05) is 0 Å². The molecule has 7 heteroatoms. The standard InChI is InChI=1S/C11H12N4O2S/c1-7-13-3-2-8(14-7)4-12-5-9-6-18-10(15-9)11(16)17/h2-3,6,12H,4-5H2,1H3,(H,16,17). The fourth-order valence-electron chi connectivity index (χ4n) is 1.41. The molecule has 0 aromatic carbocycles. The van der Waals surface area contributed by atoms with Gasteiger partial charge in [0.1, 0.15) is 5.82 Å². The van der Waals surface area contributed by atoms with Crippen LogP contribution in [0.2, 0.25) is 0 Å². The van der Waals surface area contributed by atoms with Gasteiger partial charge in [-0.3, -0.25) is 0 Å². The van der Waals surface area contributed by atoms with Crippen LogP contribution in [-0.4, -0.2) is 26.0 Å². The fourth-order valence-corrected chi connectivity index (χ4v) is 2.06. The number of aromatic carboxylic acids is 1. The first-order valence-electron chi connectivity index (χ1n) is 5.32. The summed E-state index contributed by atoms with van der Waals surface area (Å²) in [5.41, 5.74) is 1.62. The minimum absolute atomic E-state index is 0.115. The maximum atomic E-state index is 10.7. The molecule has 0 radical (unpaired) electrons. The molecule has 2 aromatic rings. The van der Waals surface area contributed by atoms with Crippen molar-refractivity contribution in [2.24, 2.45) is 0 Å². The molecule has 2 aromatic heterocycles. The lowest BCUT2D eigenvalue weighted by atomic mass is 10.4. The molecule has 6 nitrogen and oxygen atoms in total. The van der Waals surface area contributed by atoms with E-state index in [1.165, 1.54) is 0 Å². The van der Waals surface area contributed by atoms with Crippen LogP contribution in [0.1, 0.15) is 27.0 Å². The van der Waals surface area contributed by atoms with Crippen LogP contribution in [0.25, 0.3) is 0 Å². The Bertz CT molecular complexity index is 555. The summed E-state index contributed by atoms with van der Waals surface area (Å²) < 4.78 is 0. The third-order valence-electron chi connectivity index (χ3n) is 2.18. The molecule has 2 N–H and O–H groups in total. The molecule has 0 saturated carbocycles. The highest BCUT2D eigenvalue weighted by atomic mass is 32.1. The number of thiazole rings is 1. The first kappa shape index (κ1) is 12.6. The Balaban J connectivity index is 1.86. The highest BCUT2D eigenvalue weighted by Gasteiger charge is 2.08. The lowest BCUT2D eigenvalue weighted by molar-refractivity contribution is 0.0696. The molecule has 0 aliphatic rings. The van der Waals surface area contributed by atoms with E-state index >= 15 is 0 Å². The van der Waals surface area contributed by atoms with Crippen molar-refractivity contribution >= 4 is 17.3 Å². The van der Waals surface area contributed by atoms with E-state index in [4.69, 9.17) is 5.11 Å². The van der Waals surface area contributed by atoms with E-state index in [1.807, 2.05) is 13.0 Å². The quantitative estimate of drug-likeness (QED) is 0.844. The van der Waals surface area contributed by atoms with Crippen LogP contribution in [-0.2, 0) is 13.1 Å². The Hall–Kier alpha value is -1.86. The topological polar surface area (TPSA) is 88.0 Å². The largest absolute Gasteiger partial charge is 0.476 e. The summed E-state index contributed by atoms with van der Waals surface area (Å²) in [6, 6.07) is 1.84. The van der Waals surface area contributed by atoms with Crippen molar-refractivity contribution in [1.82, 2.24) is 20.3 Å². The molecule has 0 fully saturated rings. The summed E-state index contributed by atoms with van der Waals surface area (Å²) in [6.45, 7) is 2.96. The van der Waals surface area contributed by atoms with Gasteiger partial charge in [-0.15, -0.1) is 11.3 Å². The van der Waals surface area contributed by atoms with Gasteiger partial charge in [-0.2, -0.15) is 0 Å². The van der Waals surface area contributed by atoms with Crippen LogP contribution in [0.3, 0.4) is 0 Å². The van der Waals surface area contributed by atoms with Gasteiger partial charge in [-0.25, -0.2) is 19.7 Å². The van der Waals surface area contributed by atoms with Gasteiger partial charge in [0.15, 0.2) is 0 Å². The predicted octanol–water partition coefficient (Wildman–Crippen LogP) is 1.23. The van der Waals surface area contributed by atoms with Crippen molar-refractivity contribution in [3.8, 4) is 0 Å². The van der Waals surface area contributed by atoms with Crippen molar-refractivity contribution in [1.29, 1.82) is 0 Å². The first-order chi connectivity index (χ1) is 8.65. The summed E-state index contributed by atoms with van der Waals surface area (Å²) in [4.78, 5) is 22.9. The van der Waals surface area contributed by atoms with Gasteiger partial charge in [0.05, 0.1) is 11.4 Å². The minimum atomic E-state index is -0.988. The second kappa shape index (κ2) is 5.65. The second-order valence-electron chi connectivity index (χ2n) is 3.65. The summed E-state index contributed by atoms with van der Waals surface area (Å²) in [5.74, 6) is -0.256. The lowest BCUT2D eigenvalue weighted by Crippen LogP contribution is -2.14. The Morgan fingerprint density at radius 3 is 2.83 bits per heavy atom. The Morgan fingerprint density at radius 2 is 2.17 bits per heavy atom. The van der Waals surface area contributed by atoms with Crippen LogP contribution in [0.15, 0.2) is 17.6 Å². The van der Waals surface area contributed by atoms with Crippen molar-refractivity contribution in [2.45, 2.75) is 20.0 Å². The van der Waals surface area contributed by atoms with E-state index in [0.29, 0.717) is 13.1 Å². The molecule has 2 heterocycles. The van der Waals surface area contributed by atoms with Gasteiger partial charge in [-0.05, 0) is 13.0 Å². The molecule has 0 unspecified atom stereocenters. The van der Waals surface area contributed by atoms with Crippen LogP contribution in [0, 0.1) is 6.92 Å². The van der Waals surface area contributed by atoms with Crippen LogP contribution in [0.4, 0.5) is 0 Å². The zero-order chi connectivity index (χ0) is 13.0. The molecule has 0 spiro atoms. The summed E-state index contributed by atoms with van der Waals surface area (Å²) >= 11 is 1.13. The predicted molar refractivity (Wildman–Crippen MR) is 66.4 cm³/mol. The number of carboxylic acids is 1. The maximum absolute atomic E-state index is 10.7. The van der Waals surface area contributed by atoms with E-state index in [0.717, 1.165) is 28.5 Å². The highest BCUT2D eigenvalue weighted by Crippen LogP contribution is 2.09. The van der Waals surface area contributed by atoms with E-state index < -0.39 is 5.97 Å². The Morgan fingerprint density at radius 1 is 1.39 bits per heavy atom. The molecule has 18 heavy (non-hydrogen) atoms. The number of aryl methyl sites for hydroxylation is 1. The molecule has 0 atom stereocenters. The second-order valence-corrected chi connectivity index (χ2v) is 4.51. The van der Waals surface area contributed by atoms with E-state index in [9.17, 15) is 4.79 Å². The zero-order valence-corrected chi connectivity index (χ0v) is 10.6. The average Bonchev–Trinajstić information content (AvgIpc) is 2.78. The third kappa shape index (κ3) is 3.31. The fraction of sp³-hybridized carbons (Fsp3) is 0.273. The number of aromatic nitrogens is 3. The normalized spacial score (nSPS) is 10.5.